The normalized spacial score (nSPS) is 12.8. The van der Waals surface area contributed by atoms with Crippen LogP contribution in [0.4, 0.5) is 8.78 Å². The quantitative estimate of drug-likeness (QED) is 0.641. The standard InChI is InChI=1S/C14H9Cl2F2N3/c1-7(15)13-20-12-4-8(16)6-19-14(12)21(13)9-2-3-10(17)11(18)5-9/h2-7H,1H3. The van der Waals surface area contributed by atoms with E-state index < -0.39 is 17.0 Å². The van der Waals surface area contributed by atoms with Crippen LogP contribution < -0.4 is 0 Å². The number of alkyl halides is 1. The number of halogens is 4. The molecule has 0 N–H and O–H groups in total. The van der Waals surface area contributed by atoms with E-state index in [-0.39, 0.29) is 0 Å². The molecule has 0 radical (unpaired) electrons. The van der Waals surface area contributed by atoms with Gasteiger partial charge in [0.1, 0.15) is 11.3 Å². The Labute approximate surface area is 129 Å². The zero-order valence-corrected chi connectivity index (χ0v) is 12.3. The van der Waals surface area contributed by atoms with Gasteiger partial charge in [-0.25, -0.2) is 18.7 Å². The minimum atomic E-state index is -0.948. The Bertz CT molecular complexity index is 830. The van der Waals surface area contributed by atoms with Gasteiger partial charge < -0.3 is 0 Å². The van der Waals surface area contributed by atoms with E-state index in [1.165, 1.54) is 12.3 Å². The number of aromatic nitrogens is 3. The van der Waals surface area contributed by atoms with E-state index in [1.54, 1.807) is 17.6 Å². The summed E-state index contributed by atoms with van der Waals surface area (Å²) < 4.78 is 28.2. The number of benzene rings is 1. The molecule has 0 spiro atoms. The molecule has 3 aromatic rings. The molecule has 1 aromatic carbocycles. The van der Waals surface area contributed by atoms with Crippen molar-refractivity contribution in [1.82, 2.24) is 14.5 Å². The van der Waals surface area contributed by atoms with Gasteiger partial charge in [-0.1, -0.05) is 11.6 Å². The van der Waals surface area contributed by atoms with Crippen molar-refractivity contribution in [3.05, 3.63) is 52.9 Å². The van der Waals surface area contributed by atoms with Crippen molar-refractivity contribution in [3.8, 4) is 5.69 Å². The molecular formula is C14H9Cl2F2N3. The molecule has 2 aromatic heterocycles. The number of fused-ring (bicyclic) bond motifs is 1. The lowest BCUT2D eigenvalue weighted by atomic mass is 10.3. The van der Waals surface area contributed by atoms with E-state index in [1.807, 2.05) is 0 Å². The van der Waals surface area contributed by atoms with Crippen molar-refractivity contribution in [2.75, 3.05) is 0 Å². The first-order valence-electron chi connectivity index (χ1n) is 6.11. The largest absolute Gasteiger partial charge is 0.279 e. The van der Waals surface area contributed by atoms with E-state index >= 15 is 0 Å². The minimum Gasteiger partial charge on any atom is -0.279 e. The maximum absolute atomic E-state index is 13.5. The van der Waals surface area contributed by atoms with Crippen molar-refractivity contribution in [2.24, 2.45) is 0 Å². The molecule has 0 fully saturated rings. The second-order valence-electron chi connectivity index (χ2n) is 4.52. The van der Waals surface area contributed by atoms with Crippen LogP contribution in [0.1, 0.15) is 18.1 Å². The molecule has 0 saturated carbocycles. The Hall–Kier alpha value is -1.72. The van der Waals surface area contributed by atoms with Gasteiger partial charge in [-0.2, -0.15) is 0 Å². The van der Waals surface area contributed by atoms with E-state index in [9.17, 15) is 8.78 Å². The first kappa shape index (κ1) is 14.2. The molecule has 21 heavy (non-hydrogen) atoms. The van der Waals surface area contributed by atoms with Gasteiger partial charge in [-0.05, 0) is 25.1 Å². The summed E-state index contributed by atoms with van der Waals surface area (Å²) in [5.74, 6) is -1.39. The van der Waals surface area contributed by atoms with Crippen LogP contribution in [-0.4, -0.2) is 14.5 Å². The predicted molar refractivity (Wildman–Crippen MR) is 78.1 cm³/mol. The fourth-order valence-electron chi connectivity index (χ4n) is 2.10. The molecule has 0 saturated heterocycles. The smallest absolute Gasteiger partial charge is 0.164 e. The molecule has 3 nitrogen and oxygen atoms in total. The highest BCUT2D eigenvalue weighted by Crippen LogP contribution is 2.28. The van der Waals surface area contributed by atoms with Crippen LogP contribution in [0.3, 0.4) is 0 Å². The maximum Gasteiger partial charge on any atom is 0.164 e. The second-order valence-corrected chi connectivity index (χ2v) is 5.61. The molecule has 0 bridgehead atoms. The Balaban J connectivity index is 2.33. The van der Waals surface area contributed by atoms with Gasteiger partial charge in [0.2, 0.25) is 0 Å². The predicted octanol–water partition coefficient (Wildman–Crippen LogP) is 4.65. The molecule has 108 valence electrons. The zero-order valence-electron chi connectivity index (χ0n) is 10.8. The molecule has 0 aliphatic heterocycles. The summed E-state index contributed by atoms with van der Waals surface area (Å²) in [6, 6.07) is 5.21. The molecule has 2 heterocycles. The van der Waals surface area contributed by atoms with Crippen molar-refractivity contribution in [1.29, 1.82) is 0 Å². The molecule has 0 amide bonds. The highest BCUT2D eigenvalue weighted by molar-refractivity contribution is 6.31. The summed E-state index contributed by atoms with van der Waals surface area (Å²) in [7, 11) is 0. The highest BCUT2D eigenvalue weighted by Gasteiger charge is 2.18. The monoisotopic (exact) mass is 327 g/mol. The van der Waals surface area contributed by atoms with Crippen LogP contribution in [0, 0.1) is 11.6 Å². The number of nitrogens with zero attached hydrogens (tertiary/aromatic N) is 3. The summed E-state index contributed by atoms with van der Waals surface area (Å²) in [6.07, 6.45) is 1.46. The Kier molecular flexibility index (Phi) is 3.55. The first-order valence-corrected chi connectivity index (χ1v) is 6.92. The van der Waals surface area contributed by atoms with Gasteiger partial charge in [-0.3, -0.25) is 4.57 Å². The van der Waals surface area contributed by atoms with Crippen molar-refractivity contribution >= 4 is 34.4 Å². The molecule has 7 heteroatoms. The number of pyridine rings is 1. The molecule has 0 aliphatic rings. The lowest BCUT2D eigenvalue weighted by Gasteiger charge is -2.10. The lowest BCUT2D eigenvalue weighted by molar-refractivity contribution is 0.508. The number of imidazole rings is 1. The van der Waals surface area contributed by atoms with Gasteiger partial charge in [0.05, 0.1) is 16.1 Å². The topological polar surface area (TPSA) is 30.7 Å². The Morgan fingerprint density at radius 1 is 1.19 bits per heavy atom. The molecule has 1 unspecified atom stereocenters. The Morgan fingerprint density at radius 2 is 1.95 bits per heavy atom. The third kappa shape index (κ3) is 2.47. The summed E-state index contributed by atoms with van der Waals surface area (Å²) in [4.78, 5) is 8.58. The van der Waals surface area contributed by atoms with Crippen LogP contribution in [0.5, 0.6) is 0 Å². The van der Waals surface area contributed by atoms with Gasteiger partial charge >= 0.3 is 0 Å². The fraction of sp³-hybridized carbons (Fsp3) is 0.143. The average Bonchev–Trinajstić information content (AvgIpc) is 2.80. The van der Waals surface area contributed by atoms with Gasteiger partial charge in [0.15, 0.2) is 17.3 Å². The average molecular weight is 328 g/mol. The first-order chi connectivity index (χ1) is 9.97. The third-order valence-corrected chi connectivity index (χ3v) is 3.41. The van der Waals surface area contributed by atoms with Crippen molar-refractivity contribution in [2.45, 2.75) is 12.3 Å². The van der Waals surface area contributed by atoms with E-state index in [0.717, 1.165) is 12.1 Å². The van der Waals surface area contributed by atoms with Crippen LogP contribution in [0.15, 0.2) is 30.5 Å². The fourth-order valence-corrected chi connectivity index (χ4v) is 2.40. The summed E-state index contributed by atoms with van der Waals surface area (Å²) in [5, 5.41) is -0.00250. The Morgan fingerprint density at radius 3 is 2.62 bits per heavy atom. The summed E-state index contributed by atoms with van der Waals surface area (Å²) in [5.41, 5.74) is 1.41. The van der Waals surface area contributed by atoms with Crippen LogP contribution in [0.2, 0.25) is 5.02 Å². The second kappa shape index (κ2) is 5.24. The summed E-state index contributed by atoms with van der Waals surface area (Å²) >= 11 is 12.0. The van der Waals surface area contributed by atoms with Crippen molar-refractivity contribution in [3.63, 3.8) is 0 Å². The maximum atomic E-state index is 13.5. The van der Waals surface area contributed by atoms with E-state index in [2.05, 4.69) is 9.97 Å². The molecule has 3 rings (SSSR count). The van der Waals surface area contributed by atoms with Gasteiger partial charge in [0.25, 0.3) is 0 Å². The van der Waals surface area contributed by atoms with Crippen LogP contribution in [0.25, 0.3) is 16.9 Å². The van der Waals surface area contributed by atoms with Gasteiger partial charge in [0, 0.05) is 12.3 Å². The van der Waals surface area contributed by atoms with Gasteiger partial charge in [-0.15, -0.1) is 11.6 Å². The minimum absolute atomic E-state index is 0.397. The third-order valence-electron chi connectivity index (χ3n) is 3.01. The van der Waals surface area contributed by atoms with E-state index in [0.29, 0.717) is 27.7 Å². The van der Waals surface area contributed by atoms with Crippen LogP contribution in [-0.2, 0) is 0 Å². The molecular weight excluding hydrogens is 319 g/mol. The summed E-state index contributed by atoms with van der Waals surface area (Å²) in [6.45, 7) is 1.74. The zero-order chi connectivity index (χ0) is 15.1. The van der Waals surface area contributed by atoms with Crippen molar-refractivity contribution < 1.29 is 8.78 Å². The lowest BCUT2D eigenvalue weighted by Crippen LogP contribution is -2.03. The number of hydrogen-bond donors (Lipinski definition) is 0. The molecule has 1 atom stereocenters. The number of rotatable bonds is 2. The SMILES string of the molecule is CC(Cl)c1nc2cc(Cl)cnc2n1-c1ccc(F)c(F)c1. The van der Waals surface area contributed by atoms with E-state index in [4.69, 9.17) is 23.2 Å². The van der Waals surface area contributed by atoms with Crippen LogP contribution >= 0.6 is 23.2 Å². The molecule has 0 aliphatic carbocycles. The highest BCUT2D eigenvalue weighted by atomic mass is 35.5. The number of hydrogen-bond acceptors (Lipinski definition) is 2.